The highest BCUT2D eigenvalue weighted by molar-refractivity contribution is 6.35. The van der Waals surface area contributed by atoms with Crippen LogP contribution in [0.2, 0.25) is 10.0 Å². The predicted molar refractivity (Wildman–Crippen MR) is 116 cm³/mol. The van der Waals surface area contributed by atoms with E-state index in [-0.39, 0.29) is 11.5 Å². The number of rotatable bonds is 5. The minimum Gasteiger partial charge on any atom is -0.476 e. The number of amides is 1. The van der Waals surface area contributed by atoms with E-state index < -0.39 is 17.9 Å². The van der Waals surface area contributed by atoms with Gasteiger partial charge in [-0.25, -0.2) is 0 Å². The van der Waals surface area contributed by atoms with E-state index in [1.807, 2.05) is 6.92 Å². The molecule has 0 bridgehead atoms. The number of hydrogen-bond donors (Lipinski definition) is 1. The Hall–Kier alpha value is -3.22. The van der Waals surface area contributed by atoms with Crippen LogP contribution in [0.3, 0.4) is 0 Å². The largest absolute Gasteiger partial charge is 0.476 e. The minimum atomic E-state index is -0.498. The van der Waals surface area contributed by atoms with Crippen LogP contribution in [-0.4, -0.2) is 12.5 Å². The van der Waals surface area contributed by atoms with Crippen molar-refractivity contribution in [2.75, 3.05) is 11.9 Å². The summed E-state index contributed by atoms with van der Waals surface area (Å²) in [6.45, 7) is 1.46. The van der Waals surface area contributed by atoms with E-state index in [1.165, 1.54) is 6.26 Å². The number of halogens is 2. The number of carbonyl (C=O) groups is 1. The molecule has 1 amide bonds. The SMILES string of the molecule is Cc1ccc2c(=O)c(OCC(=O)Nc3cc(Cl)cc(Cl)c3)c(-c3ccco3)oc2c1. The Morgan fingerprint density at radius 3 is 2.57 bits per heavy atom. The molecule has 152 valence electrons. The van der Waals surface area contributed by atoms with Crippen LogP contribution in [0.5, 0.6) is 5.75 Å². The van der Waals surface area contributed by atoms with Gasteiger partial charge in [0.15, 0.2) is 12.4 Å². The predicted octanol–water partition coefficient (Wildman–Crippen LogP) is 5.69. The Labute approximate surface area is 181 Å². The van der Waals surface area contributed by atoms with Crippen LogP contribution in [0.15, 0.2) is 68.4 Å². The Morgan fingerprint density at radius 2 is 1.87 bits per heavy atom. The lowest BCUT2D eigenvalue weighted by molar-refractivity contribution is -0.118. The van der Waals surface area contributed by atoms with Crippen molar-refractivity contribution in [2.24, 2.45) is 0 Å². The van der Waals surface area contributed by atoms with Crippen molar-refractivity contribution in [1.29, 1.82) is 0 Å². The fourth-order valence-corrected chi connectivity index (χ4v) is 3.47. The number of benzene rings is 2. The van der Waals surface area contributed by atoms with Crippen LogP contribution in [-0.2, 0) is 4.79 Å². The maximum Gasteiger partial charge on any atom is 0.262 e. The molecule has 0 unspecified atom stereocenters. The van der Waals surface area contributed by atoms with Crippen molar-refractivity contribution in [3.8, 4) is 17.3 Å². The highest BCUT2D eigenvalue weighted by Gasteiger charge is 2.20. The van der Waals surface area contributed by atoms with Crippen molar-refractivity contribution in [3.05, 3.63) is 80.6 Å². The van der Waals surface area contributed by atoms with Gasteiger partial charge in [-0.2, -0.15) is 0 Å². The molecule has 2 heterocycles. The number of ether oxygens (including phenoxy) is 1. The molecule has 0 saturated carbocycles. The fourth-order valence-electron chi connectivity index (χ4n) is 2.95. The number of furan rings is 1. The molecule has 4 aromatic rings. The van der Waals surface area contributed by atoms with Gasteiger partial charge in [0, 0.05) is 15.7 Å². The smallest absolute Gasteiger partial charge is 0.262 e. The van der Waals surface area contributed by atoms with Crippen LogP contribution >= 0.6 is 23.2 Å². The van der Waals surface area contributed by atoms with Gasteiger partial charge in [-0.05, 0) is 55.0 Å². The first-order valence-corrected chi connectivity index (χ1v) is 9.66. The lowest BCUT2D eigenvalue weighted by atomic mass is 10.1. The van der Waals surface area contributed by atoms with E-state index >= 15 is 0 Å². The number of nitrogens with one attached hydrogen (secondary N) is 1. The van der Waals surface area contributed by atoms with Crippen molar-refractivity contribution in [3.63, 3.8) is 0 Å². The van der Waals surface area contributed by atoms with Crippen LogP contribution in [0.25, 0.3) is 22.5 Å². The van der Waals surface area contributed by atoms with Gasteiger partial charge >= 0.3 is 0 Å². The minimum absolute atomic E-state index is 0.111. The maximum absolute atomic E-state index is 13.0. The third-order valence-electron chi connectivity index (χ3n) is 4.25. The summed E-state index contributed by atoms with van der Waals surface area (Å²) in [5.74, 6) is -0.183. The first-order chi connectivity index (χ1) is 14.4. The van der Waals surface area contributed by atoms with Gasteiger partial charge in [-0.3, -0.25) is 9.59 Å². The van der Waals surface area contributed by atoms with Crippen LogP contribution in [0.1, 0.15) is 5.56 Å². The van der Waals surface area contributed by atoms with Gasteiger partial charge < -0.3 is 18.9 Å². The molecule has 0 fully saturated rings. The Bertz CT molecular complexity index is 1270. The first kappa shape index (κ1) is 20.1. The van der Waals surface area contributed by atoms with Gasteiger partial charge in [0.1, 0.15) is 5.58 Å². The topological polar surface area (TPSA) is 81.7 Å². The van der Waals surface area contributed by atoms with Crippen LogP contribution < -0.4 is 15.5 Å². The van der Waals surface area contributed by atoms with Gasteiger partial charge in [-0.1, -0.05) is 29.3 Å². The summed E-state index contributed by atoms with van der Waals surface area (Å²) in [6, 6.07) is 13.2. The molecule has 0 aliphatic heterocycles. The standard InChI is InChI=1S/C22H15Cl2NO5/c1-12-4-5-16-18(7-12)30-21(17-3-2-6-28-17)22(20(16)27)29-11-19(26)25-15-9-13(23)8-14(24)10-15/h2-10H,11H2,1H3,(H,25,26). The van der Waals surface area contributed by atoms with E-state index in [9.17, 15) is 9.59 Å². The Kier molecular flexibility index (Phi) is 5.53. The Balaban J connectivity index is 1.65. The molecule has 0 atom stereocenters. The fraction of sp³-hybridized carbons (Fsp3) is 0.0909. The molecule has 8 heteroatoms. The second-order valence-electron chi connectivity index (χ2n) is 6.56. The normalized spacial score (nSPS) is 10.9. The zero-order chi connectivity index (χ0) is 21.3. The molecule has 0 aliphatic carbocycles. The van der Waals surface area contributed by atoms with Crippen molar-refractivity contribution < 1.29 is 18.4 Å². The molecule has 2 aromatic carbocycles. The molecule has 6 nitrogen and oxygen atoms in total. The zero-order valence-electron chi connectivity index (χ0n) is 15.7. The van der Waals surface area contributed by atoms with E-state index in [2.05, 4.69) is 5.32 Å². The van der Waals surface area contributed by atoms with Crippen LogP contribution in [0, 0.1) is 6.92 Å². The average molecular weight is 444 g/mol. The number of carbonyl (C=O) groups excluding carboxylic acids is 1. The van der Waals surface area contributed by atoms with E-state index in [0.717, 1.165) is 5.56 Å². The van der Waals surface area contributed by atoms with Gasteiger partial charge in [0.2, 0.25) is 16.9 Å². The summed E-state index contributed by atoms with van der Waals surface area (Å²) in [6.07, 6.45) is 1.45. The van der Waals surface area contributed by atoms with Gasteiger partial charge in [0.05, 0.1) is 11.6 Å². The lowest BCUT2D eigenvalue weighted by Crippen LogP contribution is -2.22. The van der Waals surface area contributed by atoms with Crippen molar-refractivity contribution in [1.82, 2.24) is 0 Å². The van der Waals surface area contributed by atoms with Gasteiger partial charge in [0.25, 0.3) is 5.91 Å². The molecule has 0 saturated heterocycles. The highest BCUT2D eigenvalue weighted by Crippen LogP contribution is 2.31. The molecular weight excluding hydrogens is 429 g/mol. The molecule has 0 radical (unpaired) electrons. The highest BCUT2D eigenvalue weighted by atomic mass is 35.5. The third kappa shape index (κ3) is 4.20. The monoisotopic (exact) mass is 443 g/mol. The third-order valence-corrected chi connectivity index (χ3v) is 4.68. The first-order valence-electron chi connectivity index (χ1n) is 8.91. The van der Waals surface area contributed by atoms with Crippen LogP contribution in [0.4, 0.5) is 5.69 Å². The Morgan fingerprint density at radius 1 is 1.10 bits per heavy atom. The summed E-state index contributed by atoms with van der Waals surface area (Å²) in [4.78, 5) is 25.4. The van der Waals surface area contributed by atoms with E-state index in [0.29, 0.717) is 32.5 Å². The lowest BCUT2D eigenvalue weighted by Gasteiger charge is -2.11. The van der Waals surface area contributed by atoms with E-state index in [1.54, 1.807) is 48.5 Å². The molecule has 4 rings (SSSR count). The second kappa shape index (κ2) is 8.26. The van der Waals surface area contributed by atoms with Gasteiger partial charge in [-0.15, -0.1) is 0 Å². The summed E-state index contributed by atoms with van der Waals surface area (Å²) in [7, 11) is 0. The molecule has 1 N–H and O–H groups in total. The number of hydrogen-bond acceptors (Lipinski definition) is 5. The molecular formula is C22H15Cl2NO5. The zero-order valence-corrected chi connectivity index (χ0v) is 17.2. The quantitative estimate of drug-likeness (QED) is 0.428. The van der Waals surface area contributed by atoms with E-state index in [4.69, 9.17) is 36.8 Å². The maximum atomic E-state index is 13.0. The molecule has 0 aliphatic rings. The number of aryl methyl sites for hydroxylation is 1. The van der Waals surface area contributed by atoms with Crippen molar-refractivity contribution >= 4 is 45.8 Å². The van der Waals surface area contributed by atoms with Crippen molar-refractivity contribution in [2.45, 2.75) is 6.92 Å². The number of fused-ring (bicyclic) bond motifs is 1. The summed E-state index contributed by atoms with van der Waals surface area (Å²) < 4.78 is 16.9. The summed E-state index contributed by atoms with van der Waals surface area (Å²) in [5, 5.41) is 3.72. The average Bonchev–Trinajstić information content (AvgIpc) is 3.20. The molecule has 30 heavy (non-hydrogen) atoms. The molecule has 0 spiro atoms. The number of anilines is 1. The summed E-state index contributed by atoms with van der Waals surface area (Å²) >= 11 is 11.9. The summed E-state index contributed by atoms with van der Waals surface area (Å²) in [5.41, 5.74) is 1.34. The second-order valence-corrected chi connectivity index (χ2v) is 7.43. The molecule has 2 aromatic heterocycles.